The number of aromatic amines is 1. The number of aromatic nitrogens is 3. The van der Waals surface area contributed by atoms with Gasteiger partial charge in [-0.1, -0.05) is 48.5 Å². The molecule has 0 spiro atoms. The Morgan fingerprint density at radius 2 is 1.74 bits per heavy atom. The molecule has 4 rings (SSSR count). The maximum Gasteiger partial charge on any atom is 0.407 e. The highest BCUT2D eigenvalue weighted by atomic mass is 16.5. The molecule has 176 valence electrons. The molecule has 1 aliphatic rings. The normalized spacial score (nSPS) is 12.9. The lowest BCUT2D eigenvalue weighted by molar-refractivity contribution is -0.137. The average molecular weight is 463 g/mol. The summed E-state index contributed by atoms with van der Waals surface area (Å²) in [5.74, 6) is -1.07. The summed E-state index contributed by atoms with van der Waals surface area (Å²) in [6.45, 7) is 0.350. The summed E-state index contributed by atoms with van der Waals surface area (Å²) in [4.78, 5) is 40.1. The number of rotatable bonds is 10. The van der Waals surface area contributed by atoms with Crippen LogP contribution in [0.1, 0.15) is 35.7 Å². The van der Waals surface area contributed by atoms with Crippen LogP contribution in [-0.4, -0.2) is 57.5 Å². The minimum atomic E-state index is -1.06. The number of carboxylic acid groups (broad SMARTS) is 1. The van der Waals surface area contributed by atoms with E-state index in [1.165, 1.54) is 6.33 Å². The van der Waals surface area contributed by atoms with Crippen molar-refractivity contribution in [3.8, 4) is 11.1 Å². The second-order valence-corrected chi connectivity index (χ2v) is 7.93. The molecule has 10 heteroatoms. The lowest BCUT2D eigenvalue weighted by atomic mass is 9.98. The molecule has 0 fully saturated rings. The number of nitrogens with one attached hydrogen (secondary N) is 3. The van der Waals surface area contributed by atoms with Crippen molar-refractivity contribution in [2.24, 2.45) is 0 Å². The van der Waals surface area contributed by atoms with Gasteiger partial charge in [0.15, 0.2) is 0 Å². The van der Waals surface area contributed by atoms with E-state index in [0.29, 0.717) is 12.2 Å². The van der Waals surface area contributed by atoms with Crippen LogP contribution in [0.4, 0.5) is 4.79 Å². The lowest BCUT2D eigenvalue weighted by Crippen LogP contribution is -2.47. The molecule has 1 aliphatic carbocycles. The van der Waals surface area contributed by atoms with Gasteiger partial charge in [-0.2, -0.15) is 5.10 Å². The van der Waals surface area contributed by atoms with E-state index in [1.54, 1.807) is 0 Å². The molecule has 2 amide bonds. The van der Waals surface area contributed by atoms with Crippen molar-refractivity contribution >= 4 is 18.0 Å². The summed E-state index contributed by atoms with van der Waals surface area (Å²) in [6, 6.07) is 14.9. The molecule has 0 aliphatic heterocycles. The van der Waals surface area contributed by atoms with Crippen molar-refractivity contribution < 1.29 is 24.2 Å². The molecule has 2 aromatic carbocycles. The number of hydrogen-bond donors (Lipinski definition) is 4. The molecule has 1 heterocycles. The Morgan fingerprint density at radius 1 is 1.06 bits per heavy atom. The fourth-order valence-corrected chi connectivity index (χ4v) is 4.10. The van der Waals surface area contributed by atoms with Crippen LogP contribution in [0, 0.1) is 0 Å². The summed E-state index contributed by atoms with van der Waals surface area (Å²) in [5, 5.41) is 20.6. The molecule has 3 aromatic rings. The molecule has 1 aromatic heterocycles. The topological polar surface area (TPSA) is 146 Å². The Morgan fingerprint density at radius 3 is 2.35 bits per heavy atom. The van der Waals surface area contributed by atoms with Gasteiger partial charge in [-0.25, -0.2) is 9.78 Å². The Kier molecular flexibility index (Phi) is 7.16. The molecule has 10 nitrogen and oxygen atoms in total. The molecular formula is C24H25N5O5. The van der Waals surface area contributed by atoms with Gasteiger partial charge in [0, 0.05) is 25.3 Å². The highest BCUT2D eigenvalue weighted by Crippen LogP contribution is 2.44. The van der Waals surface area contributed by atoms with E-state index in [9.17, 15) is 14.4 Å². The van der Waals surface area contributed by atoms with Crippen LogP contribution in [0.2, 0.25) is 0 Å². The fraction of sp³-hybridized carbons (Fsp3) is 0.292. The monoisotopic (exact) mass is 463 g/mol. The molecule has 1 unspecified atom stereocenters. The van der Waals surface area contributed by atoms with Crippen molar-refractivity contribution in [1.29, 1.82) is 0 Å². The summed E-state index contributed by atoms with van der Waals surface area (Å²) in [7, 11) is 0. The van der Waals surface area contributed by atoms with Gasteiger partial charge in [0.05, 0.1) is 0 Å². The first-order valence-corrected chi connectivity index (χ1v) is 11.0. The van der Waals surface area contributed by atoms with Crippen molar-refractivity contribution in [2.45, 2.75) is 31.2 Å². The quantitative estimate of drug-likeness (QED) is 0.361. The van der Waals surface area contributed by atoms with Crippen molar-refractivity contribution in [3.63, 3.8) is 0 Å². The molecule has 0 bridgehead atoms. The van der Waals surface area contributed by atoms with Crippen LogP contribution in [0.25, 0.3) is 11.1 Å². The third-order valence-corrected chi connectivity index (χ3v) is 5.73. The number of benzene rings is 2. The SMILES string of the molecule is O=C(O)CCC(NC(=O)OCC1c2ccccc2-c2ccccc21)C(=O)NCCc1ncn[nH]1. The van der Waals surface area contributed by atoms with Crippen LogP contribution in [0.3, 0.4) is 0 Å². The van der Waals surface area contributed by atoms with Crippen LogP contribution < -0.4 is 10.6 Å². The number of carboxylic acids is 1. The van der Waals surface area contributed by atoms with Crippen molar-refractivity contribution in [1.82, 2.24) is 25.8 Å². The number of nitrogens with zero attached hydrogens (tertiary/aromatic N) is 2. The minimum Gasteiger partial charge on any atom is -0.481 e. The predicted octanol–water partition coefficient (Wildman–Crippen LogP) is 2.24. The third-order valence-electron chi connectivity index (χ3n) is 5.73. The number of carbonyl (C=O) groups is 3. The van der Waals surface area contributed by atoms with Gasteiger partial charge in [0.25, 0.3) is 0 Å². The number of amides is 2. The number of fused-ring (bicyclic) bond motifs is 3. The van der Waals surface area contributed by atoms with Gasteiger partial charge in [0.1, 0.15) is 24.8 Å². The first-order valence-electron chi connectivity index (χ1n) is 11.0. The number of hydrogen-bond acceptors (Lipinski definition) is 6. The smallest absolute Gasteiger partial charge is 0.407 e. The van der Waals surface area contributed by atoms with E-state index >= 15 is 0 Å². The number of H-pyrrole nitrogens is 1. The van der Waals surface area contributed by atoms with Crippen molar-refractivity contribution in [3.05, 3.63) is 71.8 Å². The van der Waals surface area contributed by atoms with Crippen LogP contribution in [0.15, 0.2) is 54.9 Å². The maximum atomic E-state index is 12.6. The minimum absolute atomic E-state index is 0.0618. The summed E-state index contributed by atoms with van der Waals surface area (Å²) >= 11 is 0. The van der Waals surface area contributed by atoms with Gasteiger partial charge in [-0.3, -0.25) is 14.7 Å². The molecule has 0 saturated carbocycles. The largest absolute Gasteiger partial charge is 0.481 e. The van der Waals surface area contributed by atoms with E-state index in [1.807, 2.05) is 48.5 Å². The maximum absolute atomic E-state index is 12.6. The zero-order valence-corrected chi connectivity index (χ0v) is 18.4. The first-order chi connectivity index (χ1) is 16.5. The lowest BCUT2D eigenvalue weighted by Gasteiger charge is -2.19. The fourth-order valence-electron chi connectivity index (χ4n) is 4.10. The average Bonchev–Trinajstić information content (AvgIpc) is 3.46. The van der Waals surface area contributed by atoms with Crippen molar-refractivity contribution in [2.75, 3.05) is 13.2 Å². The Hall–Kier alpha value is -4.21. The van der Waals surface area contributed by atoms with E-state index in [-0.39, 0.29) is 31.9 Å². The van der Waals surface area contributed by atoms with E-state index < -0.39 is 24.0 Å². The molecule has 0 saturated heterocycles. The first kappa shape index (κ1) is 23.0. The van der Waals surface area contributed by atoms with E-state index in [0.717, 1.165) is 22.3 Å². The standard InChI is InChI=1S/C24H25N5O5/c30-22(31)10-9-20(23(32)25-12-11-21-26-14-27-29-21)28-24(33)34-13-19-17-7-3-1-5-15(17)16-6-2-4-8-18(16)19/h1-8,14,19-20H,9-13H2,(H,25,32)(H,28,33)(H,30,31)(H,26,27,29). The second-order valence-electron chi connectivity index (χ2n) is 7.93. The predicted molar refractivity (Wildman–Crippen MR) is 122 cm³/mol. The zero-order valence-electron chi connectivity index (χ0n) is 18.4. The Labute approximate surface area is 195 Å². The van der Waals surface area contributed by atoms with Gasteiger partial charge in [0.2, 0.25) is 5.91 Å². The van der Waals surface area contributed by atoms with Gasteiger partial charge >= 0.3 is 12.1 Å². The van der Waals surface area contributed by atoms with Gasteiger partial charge < -0.3 is 20.5 Å². The molecule has 1 atom stereocenters. The zero-order chi connectivity index (χ0) is 23.9. The van der Waals surface area contributed by atoms with E-state index in [4.69, 9.17) is 9.84 Å². The highest BCUT2D eigenvalue weighted by Gasteiger charge is 2.30. The van der Waals surface area contributed by atoms with Gasteiger partial charge in [-0.15, -0.1) is 0 Å². The number of ether oxygens (including phenoxy) is 1. The van der Waals surface area contributed by atoms with Crippen LogP contribution in [0.5, 0.6) is 0 Å². The van der Waals surface area contributed by atoms with Crippen LogP contribution in [-0.2, 0) is 20.7 Å². The number of aliphatic carboxylic acids is 1. The number of carbonyl (C=O) groups excluding carboxylic acids is 2. The molecule has 4 N–H and O–H groups in total. The van der Waals surface area contributed by atoms with Gasteiger partial charge in [-0.05, 0) is 28.7 Å². The Bertz CT molecular complexity index is 1120. The third kappa shape index (κ3) is 5.40. The second kappa shape index (κ2) is 10.6. The van der Waals surface area contributed by atoms with Crippen LogP contribution >= 0.6 is 0 Å². The molecule has 0 radical (unpaired) electrons. The number of alkyl carbamates (subject to hydrolysis) is 1. The summed E-state index contributed by atoms with van der Waals surface area (Å²) in [6.07, 6.45) is 0.674. The highest BCUT2D eigenvalue weighted by molar-refractivity contribution is 5.86. The summed E-state index contributed by atoms with van der Waals surface area (Å²) < 4.78 is 5.49. The summed E-state index contributed by atoms with van der Waals surface area (Å²) in [5.41, 5.74) is 4.36. The molecular weight excluding hydrogens is 438 g/mol. The van der Waals surface area contributed by atoms with E-state index in [2.05, 4.69) is 25.8 Å². The molecule has 34 heavy (non-hydrogen) atoms. The Balaban J connectivity index is 1.36.